The molecule has 27 heavy (non-hydrogen) atoms. The van der Waals surface area contributed by atoms with Crippen molar-refractivity contribution in [1.29, 1.82) is 5.26 Å². The fraction of sp³-hybridized carbons (Fsp3) is 0.150. The van der Waals surface area contributed by atoms with E-state index in [-0.39, 0.29) is 11.5 Å². The van der Waals surface area contributed by atoms with E-state index in [0.29, 0.717) is 18.0 Å². The molecule has 0 aromatic heterocycles. The number of amides is 2. The highest BCUT2D eigenvalue weighted by Crippen LogP contribution is 2.17. The second-order valence-corrected chi connectivity index (χ2v) is 5.48. The molecule has 0 fully saturated rings. The van der Waals surface area contributed by atoms with Crippen molar-refractivity contribution in [3.8, 4) is 11.8 Å². The van der Waals surface area contributed by atoms with Gasteiger partial charge in [-0.2, -0.15) is 5.26 Å². The molecule has 0 spiro atoms. The maximum atomic E-state index is 12.2. The van der Waals surface area contributed by atoms with Crippen LogP contribution in [0.15, 0.2) is 60.3 Å². The number of nitrogens with one attached hydrogen (secondary N) is 3. The second-order valence-electron chi connectivity index (χ2n) is 5.48. The van der Waals surface area contributed by atoms with Crippen LogP contribution >= 0.6 is 0 Å². The first kappa shape index (κ1) is 19.5. The van der Waals surface area contributed by atoms with Gasteiger partial charge in [-0.25, -0.2) is 0 Å². The SMILES string of the molecule is CCOc1ccc(N/C=C(/C#N)C(=O)Nc2ccc(NC(C)=O)cc2)cc1. The molecule has 3 N–H and O–H groups in total. The van der Waals surface area contributed by atoms with E-state index in [1.165, 1.54) is 13.1 Å². The standard InChI is InChI=1S/C20H20N4O3/c1-3-27-19-10-8-16(9-11-19)22-13-15(12-21)20(26)24-18-6-4-17(5-7-18)23-14(2)25/h4-11,13,22H,3H2,1-2H3,(H,23,25)(H,24,26)/b15-13-. The van der Waals surface area contributed by atoms with Gasteiger partial charge in [-0.1, -0.05) is 0 Å². The lowest BCUT2D eigenvalue weighted by Crippen LogP contribution is -2.14. The van der Waals surface area contributed by atoms with Gasteiger partial charge in [0.15, 0.2) is 0 Å². The summed E-state index contributed by atoms with van der Waals surface area (Å²) < 4.78 is 5.36. The van der Waals surface area contributed by atoms with Crippen molar-refractivity contribution in [3.05, 3.63) is 60.3 Å². The molecule has 2 aromatic rings. The fourth-order valence-corrected chi connectivity index (χ4v) is 2.16. The molecule has 2 amide bonds. The summed E-state index contributed by atoms with van der Waals surface area (Å²) >= 11 is 0. The van der Waals surface area contributed by atoms with Crippen molar-refractivity contribution in [2.45, 2.75) is 13.8 Å². The van der Waals surface area contributed by atoms with Gasteiger partial charge in [0, 0.05) is 30.2 Å². The summed E-state index contributed by atoms with van der Waals surface area (Å²) in [6.45, 7) is 3.90. The number of hydrogen-bond acceptors (Lipinski definition) is 5. The number of ether oxygens (including phenoxy) is 1. The molecule has 138 valence electrons. The van der Waals surface area contributed by atoms with Crippen molar-refractivity contribution < 1.29 is 14.3 Å². The smallest absolute Gasteiger partial charge is 0.267 e. The first-order valence-electron chi connectivity index (χ1n) is 8.30. The normalized spacial score (nSPS) is 10.5. The first-order chi connectivity index (χ1) is 13.0. The van der Waals surface area contributed by atoms with Gasteiger partial charge in [-0.3, -0.25) is 9.59 Å². The van der Waals surface area contributed by atoms with Crippen LogP contribution in [0.5, 0.6) is 5.75 Å². The molecule has 0 aliphatic rings. The van der Waals surface area contributed by atoms with E-state index in [1.54, 1.807) is 48.5 Å². The Morgan fingerprint density at radius 2 is 1.56 bits per heavy atom. The van der Waals surface area contributed by atoms with Gasteiger partial charge >= 0.3 is 0 Å². The van der Waals surface area contributed by atoms with Crippen LogP contribution in [0.3, 0.4) is 0 Å². The van der Waals surface area contributed by atoms with Crippen molar-refractivity contribution in [2.24, 2.45) is 0 Å². The van der Waals surface area contributed by atoms with Crippen molar-refractivity contribution in [3.63, 3.8) is 0 Å². The number of nitrogens with zero attached hydrogens (tertiary/aromatic N) is 1. The predicted molar refractivity (Wildman–Crippen MR) is 104 cm³/mol. The average molecular weight is 364 g/mol. The van der Waals surface area contributed by atoms with Crippen LogP contribution in [0.25, 0.3) is 0 Å². The van der Waals surface area contributed by atoms with Crippen LogP contribution in [-0.2, 0) is 9.59 Å². The predicted octanol–water partition coefficient (Wildman–Crippen LogP) is 3.50. The topological polar surface area (TPSA) is 103 Å². The van der Waals surface area contributed by atoms with Crippen LogP contribution in [0, 0.1) is 11.3 Å². The second kappa shape index (κ2) is 9.63. The molecule has 0 atom stereocenters. The Kier molecular flexibility index (Phi) is 6.97. The molecule has 2 rings (SSSR count). The van der Waals surface area contributed by atoms with Gasteiger partial charge < -0.3 is 20.7 Å². The molecule has 2 aromatic carbocycles. The molecule has 7 nitrogen and oxygen atoms in total. The van der Waals surface area contributed by atoms with Gasteiger partial charge in [-0.15, -0.1) is 0 Å². The third kappa shape index (κ3) is 6.21. The Morgan fingerprint density at radius 1 is 1.00 bits per heavy atom. The van der Waals surface area contributed by atoms with Gasteiger partial charge in [0.05, 0.1) is 6.61 Å². The van der Waals surface area contributed by atoms with Crippen LogP contribution in [0.2, 0.25) is 0 Å². The molecule has 0 aliphatic heterocycles. The summed E-state index contributed by atoms with van der Waals surface area (Å²) in [4.78, 5) is 23.2. The van der Waals surface area contributed by atoms with E-state index >= 15 is 0 Å². The maximum Gasteiger partial charge on any atom is 0.267 e. The largest absolute Gasteiger partial charge is 0.494 e. The Labute approximate surface area is 157 Å². The van der Waals surface area contributed by atoms with Crippen LogP contribution < -0.4 is 20.7 Å². The third-order valence-electron chi connectivity index (χ3n) is 3.38. The molecule has 7 heteroatoms. The monoisotopic (exact) mass is 364 g/mol. The fourth-order valence-electron chi connectivity index (χ4n) is 2.16. The lowest BCUT2D eigenvalue weighted by atomic mass is 10.2. The molecule has 0 saturated heterocycles. The maximum absolute atomic E-state index is 12.2. The van der Waals surface area contributed by atoms with Crippen LogP contribution in [0.4, 0.5) is 17.1 Å². The van der Waals surface area contributed by atoms with Crippen molar-refractivity contribution in [2.75, 3.05) is 22.6 Å². The summed E-state index contributed by atoms with van der Waals surface area (Å²) in [5.41, 5.74) is 1.78. The van der Waals surface area contributed by atoms with E-state index < -0.39 is 5.91 Å². The number of carbonyl (C=O) groups is 2. The summed E-state index contributed by atoms with van der Waals surface area (Å²) in [6.07, 6.45) is 1.34. The Balaban J connectivity index is 1.99. The van der Waals surface area contributed by atoms with Crippen molar-refractivity contribution >= 4 is 28.9 Å². The number of anilines is 3. The lowest BCUT2D eigenvalue weighted by molar-refractivity contribution is -0.114. The summed E-state index contributed by atoms with van der Waals surface area (Å²) in [5, 5.41) is 17.4. The van der Waals surface area contributed by atoms with Crippen LogP contribution in [0.1, 0.15) is 13.8 Å². The summed E-state index contributed by atoms with van der Waals surface area (Å²) in [6, 6.07) is 15.6. The van der Waals surface area contributed by atoms with Crippen molar-refractivity contribution in [1.82, 2.24) is 0 Å². The zero-order valence-electron chi connectivity index (χ0n) is 15.1. The molecular weight excluding hydrogens is 344 g/mol. The highest BCUT2D eigenvalue weighted by Gasteiger charge is 2.09. The minimum Gasteiger partial charge on any atom is -0.494 e. The van der Waals surface area contributed by atoms with Gasteiger partial charge in [-0.05, 0) is 55.5 Å². The zero-order chi connectivity index (χ0) is 19.6. The number of rotatable bonds is 7. The summed E-state index contributed by atoms with van der Waals surface area (Å²) in [5.74, 6) is 0.0260. The molecule has 0 saturated carbocycles. The Morgan fingerprint density at radius 3 is 2.07 bits per heavy atom. The van der Waals surface area contributed by atoms with Gasteiger partial charge in [0.25, 0.3) is 5.91 Å². The van der Waals surface area contributed by atoms with E-state index in [1.807, 2.05) is 13.0 Å². The molecule has 0 aliphatic carbocycles. The van der Waals surface area contributed by atoms with E-state index in [0.717, 1.165) is 11.4 Å². The van der Waals surface area contributed by atoms with Gasteiger partial charge in [0.1, 0.15) is 17.4 Å². The van der Waals surface area contributed by atoms with Crippen LogP contribution in [-0.4, -0.2) is 18.4 Å². The minimum atomic E-state index is -0.539. The Hall–Kier alpha value is -3.79. The number of nitriles is 1. The highest BCUT2D eigenvalue weighted by molar-refractivity contribution is 6.06. The zero-order valence-corrected chi connectivity index (χ0v) is 15.1. The molecule has 0 heterocycles. The van der Waals surface area contributed by atoms with E-state index in [9.17, 15) is 14.9 Å². The molecule has 0 unspecified atom stereocenters. The third-order valence-corrected chi connectivity index (χ3v) is 3.38. The molecular formula is C20H20N4O3. The number of benzene rings is 2. The number of hydrogen-bond donors (Lipinski definition) is 3. The summed E-state index contributed by atoms with van der Waals surface area (Å²) in [7, 11) is 0. The molecule has 0 bridgehead atoms. The molecule has 0 radical (unpaired) electrons. The minimum absolute atomic E-state index is 0.0742. The number of carbonyl (C=O) groups excluding carboxylic acids is 2. The average Bonchev–Trinajstić information content (AvgIpc) is 2.65. The van der Waals surface area contributed by atoms with E-state index in [2.05, 4.69) is 16.0 Å². The van der Waals surface area contributed by atoms with E-state index in [4.69, 9.17) is 4.74 Å². The first-order valence-corrected chi connectivity index (χ1v) is 8.30. The Bertz CT molecular complexity index is 866. The lowest BCUT2D eigenvalue weighted by Gasteiger charge is -2.07. The quantitative estimate of drug-likeness (QED) is 0.515. The highest BCUT2D eigenvalue weighted by atomic mass is 16.5. The van der Waals surface area contributed by atoms with Gasteiger partial charge in [0.2, 0.25) is 5.91 Å².